The Morgan fingerprint density at radius 2 is 2.31 bits per heavy atom. The Balaban J connectivity index is 3.06. The van der Waals surface area contributed by atoms with E-state index >= 15 is 0 Å². The molecule has 0 saturated carbocycles. The monoisotopic (exact) mass is 292 g/mol. The van der Waals surface area contributed by atoms with Crippen molar-refractivity contribution < 1.29 is 14.6 Å². The van der Waals surface area contributed by atoms with Crippen LogP contribution in [0.25, 0.3) is 0 Å². The number of carbonyl (C=O) groups excluding carboxylic acids is 1. The van der Waals surface area contributed by atoms with Crippen LogP contribution in [0, 0.1) is 0 Å². The molecule has 1 rings (SSSR count). The van der Waals surface area contributed by atoms with Crippen LogP contribution in [-0.2, 0) is 0 Å². The fourth-order valence-electron chi connectivity index (χ4n) is 0.928. The van der Waals surface area contributed by atoms with Gasteiger partial charge in [-0.15, -0.1) is 0 Å². The summed E-state index contributed by atoms with van der Waals surface area (Å²) in [5.41, 5.74) is 0.559. The van der Waals surface area contributed by atoms with Crippen molar-refractivity contribution in [2.45, 2.75) is 0 Å². The molecular formula is C9H9IO3. The van der Waals surface area contributed by atoms with Gasteiger partial charge in [0.2, 0.25) is 0 Å². The van der Waals surface area contributed by atoms with E-state index in [1.807, 2.05) is 22.6 Å². The number of halogens is 1. The molecule has 1 N–H and O–H groups in total. The molecule has 0 saturated heterocycles. The van der Waals surface area contributed by atoms with Crippen molar-refractivity contribution in [3.63, 3.8) is 0 Å². The molecule has 0 spiro atoms. The van der Waals surface area contributed by atoms with Gasteiger partial charge in [-0.2, -0.15) is 0 Å². The van der Waals surface area contributed by atoms with Gasteiger partial charge in [0, 0.05) is 5.56 Å². The van der Waals surface area contributed by atoms with Crippen LogP contribution in [0.4, 0.5) is 0 Å². The van der Waals surface area contributed by atoms with Gasteiger partial charge in [0.25, 0.3) is 0 Å². The van der Waals surface area contributed by atoms with E-state index in [1.54, 1.807) is 6.07 Å². The second-order valence-corrected chi connectivity index (χ2v) is 3.21. The number of benzene rings is 1. The Morgan fingerprint density at radius 1 is 1.62 bits per heavy atom. The van der Waals surface area contributed by atoms with E-state index in [0.717, 1.165) is 0 Å². The first-order chi connectivity index (χ1) is 6.19. The average molecular weight is 292 g/mol. The van der Waals surface area contributed by atoms with E-state index in [-0.39, 0.29) is 11.5 Å². The number of hydrogen-bond donors (Lipinski definition) is 1. The van der Waals surface area contributed by atoms with Crippen LogP contribution in [0.3, 0.4) is 0 Å². The van der Waals surface area contributed by atoms with Crippen molar-refractivity contribution in [1.29, 1.82) is 0 Å². The second-order valence-electron chi connectivity index (χ2n) is 2.44. The molecule has 0 bridgehead atoms. The van der Waals surface area contributed by atoms with Crippen LogP contribution in [0.2, 0.25) is 0 Å². The predicted molar refractivity (Wildman–Crippen MR) is 57.9 cm³/mol. The normalized spacial score (nSPS) is 9.69. The van der Waals surface area contributed by atoms with E-state index in [0.29, 0.717) is 15.7 Å². The number of phenols is 1. The number of phenolic OH excluding ortho intramolecular Hbond substituents is 1. The van der Waals surface area contributed by atoms with E-state index in [4.69, 9.17) is 4.74 Å². The molecule has 0 heterocycles. The van der Waals surface area contributed by atoms with Gasteiger partial charge in [-0.1, -0.05) is 22.6 Å². The van der Waals surface area contributed by atoms with Crippen LogP contribution in [0.15, 0.2) is 18.2 Å². The molecule has 0 aliphatic rings. The number of aromatic hydroxyl groups is 1. The van der Waals surface area contributed by atoms with Crippen molar-refractivity contribution in [2.75, 3.05) is 11.5 Å². The standard InChI is InChI=1S/C9H9IO3/c1-13-9-4-6(8(12)5-10)2-3-7(9)11/h2-4,11H,5H2,1H3. The zero-order valence-corrected chi connectivity index (χ0v) is 9.24. The lowest BCUT2D eigenvalue weighted by Crippen LogP contribution is -1.99. The van der Waals surface area contributed by atoms with Crippen LogP contribution in [-0.4, -0.2) is 22.4 Å². The molecule has 0 atom stereocenters. The predicted octanol–water partition coefficient (Wildman–Crippen LogP) is 2.02. The van der Waals surface area contributed by atoms with Crippen molar-refractivity contribution in [1.82, 2.24) is 0 Å². The summed E-state index contributed by atoms with van der Waals surface area (Å²) < 4.78 is 5.30. The van der Waals surface area contributed by atoms with Gasteiger partial charge >= 0.3 is 0 Å². The van der Waals surface area contributed by atoms with Gasteiger partial charge in [0.1, 0.15) is 0 Å². The summed E-state index contributed by atoms with van der Waals surface area (Å²) in [4.78, 5) is 11.2. The fraction of sp³-hybridized carbons (Fsp3) is 0.222. The van der Waals surface area contributed by atoms with E-state index in [9.17, 15) is 9.90 Å². The van der Waals surface area contributed by atoms with Crippen LogP contribution < -0.4 is 4.74 Å². The maximum atomic E-state index is 11.2. The summed E-state index contributed by atoms with van der Waals surface area (Å²) in [5.74, 6) is 0.405. The molecule has 3 nitrogen and oxygen atoms in total. The average Bonchev–Trinajstić information content (AvgIpc) is 2.17. The minimum Gasteiger partial charge on any atom is -0.504 e. The summed E-state index contributed by atoms with van der Waals surface area (Å²) in [5, 5.41) is 9.25. The zero-order valence-electron chi connectivity index (χ0n) is 7.08. The number of alkyl halides is 1. The van der Waals surface area contributed by atoms with Crippen LogP contribution >= 0.6 is 22.6 Å². The Morgan fingerprint density at radius 3 is 2.85 bits per heavy atom. The van der Waals surface area contributed by atoms with Gasteiger partial charge in [-0.3, -0.25) is 4.79 Å². The number of carbonyl (C=O) groups is 1. The highest BCUT2D eigenvalue weighted by molar-refractivity contribution is 14.1. The zero-order chi connectivity index (χ0) is 9.84. The van der Waals surface area contributed by atoms with Crippen molar-refractivity contribution >= 4 is 28.4 Å². The quantitative estimate of drug-likeness (QED) is 0.526. The number of Topliss-reactive ketones (excluding diaryl/α,β-unsaturated/α-hetero) is 1. The highest BCUT2D eigenvalue weighted by atomic mass is 127. The summed E-state index contributed by atoms with van der Waals surface area (Å²) in [7, 11) is 1.45. The first-order valence-electron chi connectivity index (χ1n) is 3.65. The molecule has 0 amide bonds. The van der Waals surface area contributed by atoms with Crippen LogP contribution in [0.5, 0.6) is 11.5 Å². The van der Waals surface area contributed by atoms with E-state index in [2.05, 4.69) is 0 Å². The Bertz CT molecular complexity index is 323. The van der Waals surface area contributed by atoms with E-state index in [1.165, 1.54) is 19.2 Å². The minimum absolute atomic E-state index is 0.0268. The van der Waals surface area contributed by atoms with Gasteiger partial charge < -0.3 is 9.84 Å². The SMILES string of the molecule is COc1cc(C(=O)CI)ccc1O. The molecule has 0 aromatic heterocycles. The molecule has 4 heteroatoms. The van der Waals surface area contributed by atoms with Crippen molar-refractivity contribution in [2.24, 2.45) is 0 Å². The third-order valence-corrected chi connectivity index (χ3v) is 2.32. The third kappa shape index (κ3) is 2.33. The lowest BCUT2D eigenvalue weighted by Gasteiger charge is -2.04. The number of methoxy groups -OCH3 is 1. The molecule has 0 radical (unpaired) electrons. The topological polar surface area (TPSA) is 46.5 Å². The van der Waals surface area contributed by atoms with E-state index < -0.39 is 0 Å². The summed E-state index contributed by atoms with van der Waals surface area (Å²) in [6.07, 6.45) is 0. The first kappa shape index (κ1) is 10.3. The molecular weight excluding hydrogens is 283 g/mol. The molecule has 0 aliphatic carbocycles. The maximum absolute atomic E-state index is 11.2. The highest BCUT2D eigenvalue weighted by Gasteiger charge is 2.07. The van der Waals surface area contributed by atoms with Gasteiger partial charge in [-0.25, -0.2) is 0 Å². The number of ether oxygens (including phenoxy) is 1. The third-order valence-electron chi connectivity index (χ3n) is 1.62. The molecule has 0 aliphatic heterocycles. The Labute approximate surface area is 89.9 Å². The smallest absolute Gasteiger partial charge is 0.172 e. The largest absolute Gasteiger partial charge is 0.504 e. The van der Waals surface area contributed by atoms with Gasteiger partial charge in [0.05, 0.1) is 11.5 Å². The molecule has 1 aromatic rings. The second kappa shape index (κ2) is 4.45. The van der Waals surface area contributed by atoms with Gasteiger partial charge in [0.15, 0.2) is 17.3 Å². The molecule has 1 aromatic carbocycles. The molecule has 70 valence electrons. The van der Waals surface area contributed by atoms with Crippen molar-refractivity contribution in [3.8, 4) is 11.5 Å². The van der Waals surface area contributed by atoms with Crippen LogP contribution in [0.1, 0.15) is 10.4 Å². The maximum Gasteiger partial charge on any atom is 0.172 e. The lowest BCUT2D eigenvalue weighted by atomic mass is 10.1. The highest BCUT2D eigenvalue weighted by Crippen LogP contribution is 2.26. The molecule has 13 heavy (non-hydrogen) atoms. The Kier molecular flexibility index (Phi) is 3.53. The summed E-state index contributed by atoms with van der Waals surface area (Å²) >= 11 is 2.00. The van der Waals surface area contributed by atoms with Crippen molar-refractivity contribution in [3.05, 3.63) is 23.8 Å². The summed E-state index contributed by atoms with van der Waals surface area (Å²) in [6.45, 7) is 0. The minimum atomic E-state index is 0.0268. The lowest BCUT2D eigenvalue weighted by molar-refractivity contribution is 0.102. The first-order valence-corrected chi connectivity index (χ1v) is 5.17. The Hall–Kier alpha value is -0.780. The van der Waals surface area contributed by atoms with Gasteiger partial charge in [-0.05, 0) is 18.2 Å². The summed E-state index contributed by atoms with van der Waals surface area (Å²) in [6, 6.07) is 4.58. The molecule has 0 fully saturated rings. The number of ketones is 1. The molecule has 0 unspecified atom stereocenters. The fourth-order valence-corrected chi connectivity index (χ4v) is 1.37. The number of rotatable bonds is 3. The number of hydrogen-bond acceptors (Lipinski definition) is 3.